The molecule has 1 amide bonds. The third-order valence-electron chi connectivity index (χ3n) is 3.59. The number of nitrogens with zero attached hydrogens (tertiary/aromatic N) is 1. The second-order valence-corrected chi connectivity index (χ2v) is 6.99. The molecule has 0 aromatic carbocycles. The molecule has 0 radical (unpaired) electrons. The topological polar surface area (TPSA) is 78.9 Å². The number of amides is 1. The van der Waals surface area contributed by atoms with Gasteiger partial charge < -0.3 is 15.2 Å². The molecule has 21 heavy (non-hydrogen) atoms. The van der Waals surface area contributed by atoms with Crippen LogP contribution in [-0.2, 0) is 9.53 Å². The Labute approximate surface area is 126 Å². The minimum absolute atomic E-state index is 0.125. The lowest BCUT2D eigenvalue weighted by Gasteiger charge is -2.30. The predicted molar refractivity (Wildman–Crippen MR) is 80.2 cm³/mol. The van der Waals surface area contributed by atoms with Crippen molar-refractivity contribution in [1.29, 1.82) is 0 Å². The summed E-state index contributed by atoms with van der Waals surface area (Å²) in [6.07, 6.45) is 1.10. The van der Waals surface area contributed by atoms with E-state index in [0.29, 0.717) is 13.0 Å². The van der Waals surface area contributed by atoms with Crippen molar-refractivity contribution in [3.8, 4) is 0 Å². The zero-order valence-electron chi connectivity index (χ0n) is 13.7. The number of carbonyl (C=O) groups is 2. The summed E-state index contributed by atoms with van der Waals surface area (Å²) in [5.41, 5.74) is -0.539. The molecule has 0 saturated carbocycles. The smallest absolute Gasteiger partial charge is 0.407 e. The Bertz CT molecular complexity index is 376. The molecule has 1 unspecified atom stereocenters. The van der Waals surface area contributed by atoms with Crippen LogP contribution in [0.2, 0.25) is 0 Å². The van der Waals surface area contributed by atoms with Gasteiger partial charge in [0.15, 0.2) is 0 Å². The number of hydrogen-bond donors (Lipinski definition) is 2. The lowest BCUT2D eigenvalue weighted by molar-refractivity contribution is -0.142. The zero-order chi connectivity index (χ0) is 16.2. The summed E-state index contributed by atoms with van der Waals surface area (Å²) in [5.74, 6) is -0.583. The van der Waals surface area contributed by atoms with Crippen LogP contribution in [0.25, 0.3) is 0 Å². The maximum atomic E-state index is 11.9. The van der Waals surface area contributed by atoms with Crippen LogP contribution in [0.4, 0.5) is 4.79 Å². The van der Waals surface area contributed by atoms with E-state index in [1.165, 1.54) is 0 Å². The number of likely N-dealkylation sites (tertiary alicyclic amines) is 1. The number of aliphatic carboxylic acids is 1. The fraction of sp³-hybridized carbons (Fsp3) is 0.867. The maximum absolute atomic E-state index is 11.9. The number of carboxylic acids is 1. The minimum Gasteiger partial charge on any atom is -0.480 e. The molecule has 6 nitrogen and oxygen atoms in total. The van der Waals surface area contributed by atoms with Gasteiger partial charge in [0, 0.05) is 12.6 Å². The maximum Gasteiger partial charge on any atom is 0.407 e. The fourth-order valence-electron chi connectivity index (χ4n) is 2.46. The van der Waals surface area contributed by atoms with Crippen LogP contribution in [0.3, 0.4) is 0 Å². The number of hydrogen-bond acceptors (Lipinski definition) is 4. The van der Waals surface area contributed by atoms with Gasteiger partial charge in [0.25, 0.3) is 0 Å². The number of alkyl carbamates (subject to hydrolysis) is 1. The second kappa shape index (κ2) is 7.11. The molecule has 1 saturated heterocycles. The molecular formula is C15H28N2O4. The van der Waals surface area contributed by atoms with Crippen molar-refractivity contribution in [1.82, 2.24) is 10.2 Å². The molecule has 0 aromatic rings. The largest absolute Gasteiger partial charge is 0.480 e. The third kappa shape index (κ3) is 5.91. The second-order valence-electron chi connectivity index (χ2n) is 6.99. The molecule has 2 N–H and O–H groups in total. The lowest BCUT2D eigenvalue weighted by Crippen LogP contribution is -2.50. The highest BCUT2D eigenvalue weighted by Crippen LogP contribution is 2.19. The van der Waals surface area contributed by atoms with Crippen LogP contribution >= 0.6 is 0 Å². The zero-order valence-corrected chi connectivity index (χ0v) is 13.7. The molecule has 2 atom stereocenters. The summed E-state index contributed by atoms with van der Waals surface area (Å²) < 4.78 is 5.27. The number of ether oxygens (including phenoxy) is 1. The van der Waals surface area contributed by atoms with Gasteiger partial charge in [-0.1, -0.05) is 13.8 Å². The van der Waals surface area contributed by atoms with Gasteiger partial charge in [0.05, 0.1) is 0 Å². The van der Waals surface area contributed by atoms with Crippen molar-refractivity contribution in [2.75, 3.05) is 13.1 Å². The molecule has 1 aliphatic heterocycles. The van der Waals surface area contributed by atoms with Gasteiger partial charge in [0.2, 0.25) is 0 Å². The number of nitrogens with one attached hydrogen (secondary N) is 1. The molecule has 1 rings (SSSR count). The number of carboxylic acid groups (broad SMARTS) is 1. The summed E-state index contributed by atoms with van der Waals surface area (Å²) in [4.78, 5) is 25.0. The van der Waals surface area contributed by atoms with E-state index in [4.69, 9.17) is 4.74 Å². The van der Waals surface area contributed by atoms with Crippen LogP contribution in [0.1, 0.15) is 47.5 Å². The Kier molecular flexibility index (Phi) is 6.01. The van der Waals surface area contributed by atoms with Crippen LogP contribution in [0.15, 0.2) is 0 Å². The van der Waals surface area contributed by atoms with E-state index in [9.17, 15) is 14.7 Å². The molecule has 122 valence electrons. The van der Waals surface area contributed by atoms with Crippen molar-refractivity contribution < 1.29 is 19.4 Å². The van der Waals surface area contributed by atoms with Gasteiger partial charge in [-0.3, -0.25) is 9.69 Å². The Morgan fingerprint density at radius 3 is 2.48 bits per heavy atom. The molecular weight excluding hydrogens is 272 g/mol. The first-order chi connectivity index (χ1) is 9.60. The van der Waals surface area contributed by atoms with E-state index in [1.54, 1.807) is 0 Å². The Hall–Kier alpha value is -1.30. The Morgan fingerprint density at radius 2 is 2.00 bits per heavy atom. The van der Waals surface area contributed by atoms with Crippen molar-refractivity contribution >= 4 is 12.1 Å². The van der Waals surface area contributed by atoms with Gasteiger partial charge >= 0.3 is 12.1 Å². The Morgan fingerprint density at radius 1 is 1.38 bits per heavy atom. The van der Waals surface area contributed by atoms with Gasteiger partial charge in [-0.25, -0.2) is 4.79 Å². The predicted octanol–water partition coefficient (Wildman–Crippen LogP) is 2.08. The van der Waals surface area contributed by atoms with E-state index in [1.807, 2.05) is 39.5 Å². The van der Waals surface area contributed by atoms with Crippen LogP contribution in [0.5, 0.6) is 0 Å². The first kappa shape index (κ1) is 17.8. The van der Waals surface area contributed by atoms with Gasteiger partial charge in [0.1, 0.15) is 11.6 Å². The van der Waals surface area contributed by atoms with Crippen LogP contribution in [-0.4, -0.2) is 52.8 Å². The molecule has 1 fully saturated rings. The quantitative estimate of drug-likeness (QED) is 0.812. The molecule has 0 spiro atoms. The molecule has 1 heterocycles. The highest BCUT2D eigenvalue weighted by Gasteiger charge is 2.33. The van der Waals surface area contributed by atoms with Crippen molar-refractivity contribution in [2.45, 2.75) is 65.1 Å². The summed E-state index contributed by atoms with van der Waals surface area (Å²) in [6.45, 7) is 10.8. The standard InChI is InChI=1S/C15H28N2O4/c1-10(2)11(16-14(20)21-15(3,4)5)9-17-8-6-7-12(17)13(18)19/h10-12H,6-9H2,1-5H3,(H,16,20)(H,18,19)/t11?,12-/m0/s1. The van der Waals surface area contributed by atoms with E-state index >= 15 is 0 Å². The highest BCUT2D eigenvalue weighted by molar-refractivity contribution is 5.73. The van der Waals surface area contributed by atoms with Crippen LogP contribution < -0.4 is 5.32 Å². The number of rotatable bonds is 5. The first-order valence-electron chi connectivity index (χ1n) is 7.56. The minimum atomic E-state index is -0.785. The van der Waals surface area contributed by atoms with Crippen molar-refractivity contribution in [3.63, 3.8) is 0 Å². The Balaban J connectivity index is 2.62. The van der Waals surface area contributed by atoms with Gasteiger partial charge in [-0.15, -0.1) is 0 Å². The van der Waals surface area contributed by atoms with Gasteiger partial charge in [-0.2, -0.15) is 0 Å². The molecule has 6 heteroatoms. The van der Waals surface area contributed by atoms with E-state index in [2.05, 4.69) is 5.32 Å². The van der Waals surface area contributed by atoms with Crippen LogP contribution in [0, 0.1) is 5.92 Å². The normalized spacial score (nSPS) is 21.3. The SMILES string of the molecule is CC(C)C(CN1CCC[C@H]1C(=O)O)NC(=O)OC(C)(C)C. The number of carbonyl (C=O) groups excluding carboxylic acids is 1. The molecule has 1 aliphatic rings. The third-order valence-corrected chi connectivity index (χ3v) is 3.59. The molecule has 0 aliphatic carbocycles. The summed E-state index contributed by atoms with van der Waals surface area (Å²) in [5, 5.41) is 12.1. The molecule has 0 bridgehead atoms. The first-order valence-corrected chi connectivity index (χ1v) is 7.56. The summed E-state index contributed by atoms with van der Waals surface area (Å²) in [6, 6.07) is -0.563. The average molecular weight is 300 g/mol. The van der Waals surface area contributed by atoms with Crippen molar-refractivity contribution in [2.24, 2.45) is 5.92 Å². The van der Waals surface area contributed by atoms with E-state index < -0.39 is 23.7 Å². The van der Waals surface area contributed by atoms with Crippen molar-refractivity contribution in [3.05, 3.63) is 0 Å². The average Bonchev–Trinajstić information content (AvgIpc) is 2.73. The summed E-state index contributed by atoms with van der Waals surface area (Å²) >= 11 is 0. The van der Waals surface area contributed by atoms with Gasteiger partial charge in [-0.05, 0) is 46.1 Å². The monoisotopic (exact) mass is 300 g/mol. The molecule has 0 aromatic heterocycles. The lowest BCUT2D eigenvalue weighted by atomic mass is 10.0. The highest BCUT2D eigenvalue weighted by atomic mass is 16.6. The van der Waals surface area contributed by atoms with E-state index in [0.717, 1.165) is 13.0 Å². The summed E-state index contributed by atoms with van der Waals surface area (Å²) in [7, 11) is 0. The van der Waals surface area contributed by atoms with E-state index in [-0.39, 0.29) is 12.0 Å². The fourth-order valence-corrected chi connectivity index (χ4v) is 2.46.